The van der Waals surface area contributed by atoms with E-state index in [4.69, 9.17) is 9.47 Å². The zero-order valence-corrected chi connectivity index (χ0v) is 8.24. The number of hydrogen-bond donors (Lipinski definition) is 0. The maximum absolute atomic E-state index is 10.8. The summed E-state index contributed by atoms with van der Waals surface area (Å²) in [6, 6.07) is 0. The molecule has 0 spiro atoms. The number of rotatable bonds is 6. The van der Waals surface area contributed by atoms with Crippen molar-refractivity contribution in [3.8, 4) is 0 Å². The van der Waals surface area contributed by atoms with Crippen LogP contribution in [-0.2, 0) is 18.9 Å². The van der Waals surface area contributed by atoms with Crippen molar-refractivity contribution in [3.63, 3.8) is 0 Å². The average molecular weight is 192 g/mol. The molecular weight excluding hydrogens is 176 g/mol. The molecular formula is C8H16O5. The Labute approximate surface area is 77.9 Å². The number of ether oxygens (including phenoxy) is 4. The first kappa shape index (κ1) is 12.2. The van der Waals surface area contributed by atoms with Crippen molar-refractivity contribution >= 4 is 6.16 Å². The fraction of sp³-hybridized carbons (Fsp3) is 0.875. The monoisotopic (exact) mass is 192 g/mol. The van der Waals surface area contributed by atoms with Gasteiger partial charge in [0.25, 0.3) is 0 Å². The van der Waals surface area contributed by atoms with E-state index in [-0.39, 0.29) is 6.61 Å². The Morgan fingerprint density at radius 3 is 2.62 bits per heavy atom. The summed E-state index contributed by atoms with van der Waals surface area (Å²) in [6.45, 7) is 4.48. The lowest BCUT2D eigenvalue weighted by atomic mass is 10.7. The Morgan fingerprint density at radius 2 is 2.08 bits per heavy atom. The topological polar surface area (TPSA) is 54.0 Å². The summed E-state index contributed by atoms with van der Waals surface area (Å²) >= 11 is 0. The van der Waals surface area contributed by atoms with Gasteiger partial charge in [-0.3, -0.25) is 0 Å². The molecule has 0 amide bonds. The molecule has 0 rings (SSSR count). The van der Waals surface area contributed by atoms with E-state index < -0.39 is 12.4 Å². The number of hydrogen-bond acceptors (Lipinski definition) is 5. The van der Waals surface area contributed by atoms with Crippen molar-refractivity contribution < 1.29 is 23.7 Å². The van der Waals surface area contributed by atoms with Crippen molar-refractivity contribution in [2.45, 2.75) is 20.1 Å². The van der Waals surface area contributed by atoms with Gasteiger partial charge in [0.1, 0.15) is 6.61 Å². The van der Waals surface area contributed by atoms with Crippen LogP contribution in [0.3, 0.4) is 0 Å². The van der Waals surface area contributed by atoms with Crippen molar-refractivity contribution in [1.29, 1.82) is 0 Å². The fourth-order valence-corrected chi connectivity index (χ4v) is 0.647. The molecule has 0 aliphatic rings. The highest BCUT2D eigenvalue weighted by atomic mass is 16.8. The molecule has 0 aromatic rings. The summed E-state index contributed by atoms with van der Waals surface area (Å²) in [5, 5.41) is 0. The summed E-state index contributed by atoms with van der Waals surface area (Å²) < 4.78 is 19.0. The molecule has 0 aromatic heterocycles. The van der Waals surface area contributed by atoms with Gasteiger partial charge < -0.3 is 18.9 Å². The Hall–Kier alpha value is -0.810. The number of methoxy groups -OCH3 is 1. The molecule has 13 heavy (non-hydrogen) atoms. The molecule has 0 aliphatic carbocycles. The van der Waals surface area contributed by atoms with Crippen LogP contribution in [0.4, 0.5) is 4.79 Å². The highest BCUT2D eigenvalue weighted by Gasteiger charge is 2.09. The normalized spacial score (nSPS) is 12.2. The molecule has 0 saturated carbocycles. The van der Waals surface area contributed by atoms with Crippen LogP contribution in [0.5, 0.6) is 0 Å². The molecule has 78 valence electrons. The van der Waals surface area contributed by atoms with Crippen LogP contribution in [0.15, 0.2) is 0 Å². The third-order valence-corrected chi connectivity index (χ3v) is 1.17. The molecule has 0 radical (unpaired) electrons. The van der Waals surface area contributed by atoms with Crippen molar-refractivity contribution in [1.82, 2.24) is 0 Å². The van der Waals surface area contributed by atoms with E-state index in [1.165, 1.54) is 7.11 Å². The minimum atomic E-state index is -0.738. The highest BCUT2D eigenvalue weighted by molar-refractivity contribution is 5.59. The molecule has 0 bridgehead atoms. The standard InChI is InChI=1S/C8H16O5/c1-4-11-7(2)13-8(9)12-6-5-10-3/h7H,4-6H2,1-3H3. The van der Waals surface area contributed by atoms with Gasteiger partial charge in [-0.1, -0.05) is 0 Å². The van der Waals surface area contributed by atoms with Gasteiger partial charge in [0.05, 0.1) is 6.61 Å². The predicted molar refractivity (Wildman–Crippen MR) is 45.4 cm³/mol. The second-order valence-corrected chi connectivity index (χ2v) is 2.23. The smallest absolute Gasteiger partial charge is 0.432 e. The van der Waals surface area contributed by atoms with Gasteiger partial charge in [0, 0.05) is 13.7 Å². The molecule has 0 aromatic carbocycles. The highest BCUT2D eigenvalue weighted by Crippen LogP contribution is 1.95. The van der Waals surface area contributed by atoms with E-state index in [0.29, 0.717) is 13.2 Å². The van der Waals surface area contributed by atoms with Crippen LogP contribution in [-0.4, -0.2) is 39.4 Å². The summed E-state index contributed by atoms with van der Waals surface area (Å²) in [5.41, 5.74) is 0. The summed E-state index contributed by atoms with van der Waals surface area (Å²) in [6.07, 6.45) is -1.31. The first-order valence-corrected chi connectivity index (χ1v) is 4.14. The van der Waals surface area contributed by atoms with E-state index in [9.17, 15) is 4.79 Å². The largest absolute Gasteiger partial charge is 0.510 e. The van der Waals surface area contributed by atoms with E-state index in [0.717, 1.165) is 0 Å². The lowest BCUT2D eigenvalue weighted by molar-refractivity contribution is -0.108. The van der Waals surface area contributed by atoms with Gasteiger partial charge in [0.15, 0.2) is 0 Å². The Balaban J connectivity index is 3.38. The first-order chi connectivity index (χ1) is 6.20. The van der Waals surface area contributed by atoms with Gasteiger partial charge in [-0.15, -0.1) is 0 Å². The van der Waals surface area contributed by atoms with Gasteiger partial charge in [-0.05, 0) is 13.8 Å². The average Bonchev–Trinajstić information content (AvgIpc) is 2.05. The predicted octanol–water partition coefficient (Wildman–Crippen LogP) is 1.17. The van der Waals surface area contributed by atoms with Gasteiger partial charge in [-0.2, -0.15) is 0 Å². The molecule has 0 fully saturated rings. The first-order valence-electron chi connectivity index (χ1n) is 4.14. The lowest BCUT2D eigenvalue weighted by Gasteiger charge is -2.12. The summed E-state index contributed by atoms with van der Waals surface area (Å²) in [4.78, 5) is 10.8. The van der Waals surface area contributed by atoms with Crippen LogP contribution in [0.1, 0.15) is 13.8 Å². The summed E-state index contributed by atoms with van der Waals surface area (Å²) in [7, 11) is 1.53. The quantitative estimate of drug-likeness (QED) is 0.359. The second kappa shape index (κ2) is 7.82. The van der Waals surface area contributed by atoms with Crippen LogP contribution in [0.2, 0.25) is 0 Å². The molecule has 0 aliphatic heterocycles. The van der Waals surface area contributed by atoms with Crippen molar-refractivity contribution in [2.75, 3.05) is 26.9 Å². The zero-order chi connectivity index (χ0) is 10.1. The van der Waals surface area contributed by atoms with Gasteiger partial charge >= 0.3 is 6.16 Å². The Bertz CT molecular complexity index is 136. The van der Waals surface area contributed by atoms with Crippen molar-refractivity contribution in [2.24, 2.45) is 0 Å². The summed E-state index contributed by atoms with van der Waals surface area (Å²) in [5.74, 6) is 0. The molecule has 5 nitrogen and oxygen atoms in total. The third kappa shape index (κ3) is 7.55. The second-order valence-electron chi connectivity index (χ2n) is 2.23. The molecule has 0 heterocycles. The SMILES string of the molecule is CCOC(C)OC(=O)OCCOC. The molecule has 5 heteroatoms. The van der Waals surface area contributed by atoms with E-state index in [1.807, 2.05) is 6.92 Å². The van der Waals surface area contributed by atoms with Gasteiger partial charge in [0.2, 0.25) is 6.29 Å². The molecule has 0 saturated heterocycles. The number of carbonyl (C=O) groups is 1. The van der Waals surface area contributed by atoms with Crippen LogP contribution < -0.4 is 0 Å². The molecule has 1 atom stereocenters. The van der Waals surface area contributed by atoms with Crippen LogP contribution in [0.25, 0.3) is 0 Å². The maximum atomic E-state index is 10.8. The fourth-order valence-electron chi connectivity index (χ4n) is 0.647. The van der Waals surface area contributed by atoms with Crippen LogP contribution in [0, 0.1) is 0 Å². The van der Waals surface area contributed by atoms with E-state index in [2.05, 4.69) is 9.47 Å². The maximum Gasteiger partial charge on any atom is 0.510 e. The third-order valence-electron chi connectivity index (χ3n) is 1.17. The van der Waals surface area contributed by atoms with Gasteiger partial charge in [-0.25, -0.2) is 4.79 Å². The van der Waals surface area contributed by atoms with Crippen LogP contribution >= 0.6 is 0 Å². The molecule has 1 unspecified atom stereocenters. The Kier molecular flexibility index (Phi) is 7.33. The van der Waals surface area contributed by atoms with E-state index >= 15 is 0 Å². The van der Waals surface area contributed by atoms with E-state index in [1.54, 1.807) is 6.92 Å². The Morgan fingerprint density at radius 1 is 1.38 bits per heavy atom. The lowest BCUT2D eigenvalue weighted by Crippen LogP contribution is -2.20. The van der Waals surface area contributed by atoms with Crippen molar-refractivity contribution in [3.05, 3.63) is 0 Å². The minimum Gasteiger partial charge on any atom is -0.432 e. The minimum absolute atomic E-state index is 0.189. The number of carbonyl (C=O) groups excluding carboxylic acids is 1. The molecule has 0 N–H and O–H groups in total. The zero-order valence-electron chi connectivity index (χ0n) is 8.24.